The van der Waals surface area contributed by atoms with E-state index in [9.17, 15) is 0 Å². The molecular weight excluding hydrogens is 759 g/mol. The molecule has 0 N–H and O–H groups in total. The van der Waals surface area contributed by atoms with E-state index in [-0.39, 0.29) is 10.8 Å². The van der Waals surface area contributed by atoms with Gasteiger partial charge in [-0.2, -0.15) is 0 Å². The van der Waals surface area contributed by atoms with Crippen molar-refractivity contribution in [3.05, 3.63) is 198 Å². The molecule has 1 nitrogen and oxygen atoms in total. The van der Waals surface area contributed by atoms with E-state index in [0.717, 1.165) is 17.8 Å². The molecule has 0 aliphatic heterocycles. The van der Waals surface area contributed by atoms with E-state index >= 15 is 0 Å². The summed E-state index contributed by atoms with van der Waals surface area (Å²) in [5, 5.41) is 2.56. The fraction of sp³-hybridized carbons (Fsp3) is 0.258. The highest BCUT2D eigenvalue weighted by Crippen LogP contribution is 2.64. The molecule has 4 fully saturated rings. The van der Waals surface area contributed by atoms with Gasteiger partial charge >= 0.3 is 0 Å². The molecule has 0 saturated heterocycles. The Hall–Kier alpha value is -6.18. The summed E-state index contributed by atoms with van der Waals surface area (Å²) in [7, 11) is 0. The number of hydrogen-bond acceptors (Lipinski definition) is 1. The second-order valence-electron chi connectivity index (χ2n) is 21.1. The minimum absolute atomic E-state index is 0.0511. The molecular formula is C62H55N. The summed E-state index contributed by atoms with van der Waals surface area (Å²) in [6.45, 7) is 9.69. The van der Waals surface area contributed by atoms with Crippen LogP contribution >= 0.6 is 0 Å². The molecule has 4 bridgehead atoms. The van der Waals surface area contributed by atoms with Crippen LogP contribution in [0.4, 0.5) is 17.1 Å². The lowest BCUT2D eigenvalue weighted by Crippen LogP contribution is -2.48. The van der Waals surface area contributed by atoms with Crippen molar-refractivity contribution in [1.82, 2.24) is 0 Å². The summed E-state index contributed by atoms with van der Waals surface area (Å²) < 4.78 is 0. The normalized spacial score (nSPS) is 22.7. The van der Waals surface area contributed by atoms with Gasteiger partial charge in [-0.25, -0.2) is 0 Å². The Labute approximate surface area is 373 Å². The van der Waals surface area contributed by atoms with E-state index in [0.29, 0.717) is 5.41 Å². The van der Waals surface area contributed by atoms with Crippen molar-refractivity contribution in [1.29, 1.82) is 0 Å². The van der Waals surface area contributed by atoms with Crippen molar-refractivity contribution in [2.45, 2.75) is 82.5 Å². The van der Waals surface area contributed by atoms with Gasteiger partial charge in [0.2, 0.25) is 0 Å². The number of rotatable bonds is 6. The van der Waals surface area contributed by atoms with Gasteiger partial charge in [-0.1, -0.05) is 161 Å². The zero-order valence-corrected chi connectivity index (χ0v) is 37.1. The Morgan fingerprint density at radius 2 is 0.857 bits per heavy atom. The van der Waals surface area contributed by atoms with Crippen LogP contribution in [0.5, 0.6) is 0 Å². The first-order valence-electron chi connectivity index (χ1n) is 23.7. The summed E-state index contributed by atoms with van der Waals surface area (Å²) in [6, 6.07) is 64.9. The topological polar surface area (TPSA) is 3.24 Å². The molecule has 6 aliphatic carbocycles. The van der Waals surface area contributed by atoms with Crippen LogP contribution in [0, 0.1) is 17.8 Å². The van der Waals surface area contributed by atoms with E-state index in [1.165, 1.54) is 128 Å². The first kappa shape index (κ1) is 37.4. The lowest BCUT2D eigenvalue weighted by molar-refractivity contribution is -0.00494. The minimum Gasteiger partial charge on any atom is -0.310 e. The Bertz CT molecular complexity index is 3100. The summed E-state index contributed by atoms with van der Waals surface area (Å²) in [5.41, 5.74) is 21.9. The number of benzene rings is 8. The molecule has 1 heteroatoms. The molecule has 8 aromatic carbocycles. The lowest BCUT2D eigenvalue weighted by atomic mass is 9.47. The fourth-order valence-corrected chi connectivity index (χ4v) is 14.3. The third-order valence-corrected chi connectivity index (χ3v) is 16.8. The van der Waals surface area contributed by atoms with Gasteiger partial charge in [-0.15, -0.1) is 0 Å². The van der Waals surface area contributed by atoms with Crippen molar-refractivity contribution in [2.24, 2.45) is 17.8 Å². The molecule has 0 amide bonds. The third-order valence-electron chi connectivity index (χ3n) is 16.8. The predicted molar refractivity (Wildman–Crippen MR) is 264 cm³/mol. The third kappa shape index (κ3) is 5.48. The second kappa shape index (κ2) is 13.4. The van der Waals surface area contributed by atoms with Crippen LogP contribution in [0.15, 0.2) is 170 Å². The first-order chi connectivity index (χ1) is 30.7. The summed E-state index contributed by atoms with van der Waals surface area (Å²) in [4.78, 5) is 2.54. The molecule has 8 aromatic rings. The van der Waals surface area contributed by atoms with Gasteiger partial charge in [0.25, 0.3) is 0 Å². The van der Waals surface area contributed by atoms with Crippen LogP contribution < -0.4 is 4.90 Å². The zero-order valence-electron chi connectivity index (χ0n) is 37.1. The van der Waals surface area contributed by atoms with E-state index in [1.807, 2.05) is 0 Å². The summed E-state index contributed by atoms with van der Waals surface area (Å²) in [5.74, 6) is 2.71. The number of fused-ring (bicyclic) bond motifs is 7. The van der Waals surface area contributed by atoms with Crippen LogP contribution in [-0.4, -0.2) is 0 Å². The molecule has 0 atom stereocenters. The maximum absolute atomic E-state index is 2.57. The van der Waals surface area contributed by atoms with Crippen LogP contribution in [0.2, 0.25) is 0 Å². The number of nitrogens with zero attached hydrogens (tertiary/aromatic N) is 1. The van der Waals surface area contributed by atoms with Crippen molar-refractivity contribution in [3.63, 3.8) is 0 Å². The predicted octanol–water partition coefficient (Wildman–Crippen LogP) is 16.7. The summed E-state index contributed by atoms with van der Waals surface area (Å²) >= 11 is 0. The molecule has 308 valence electrons. The molecule has 0 unspecified atom stereocenters. The maximum Gasteiger partial charge on any atom is 0.0468 e. The standard InChI is InChI=1S/C62H55N/c1-60(2)53-20-9-8-17-50(53)51-34-46(27-29-54(51)60)63(45-25-23-43(24-26-45)49-19-11-16-44-15-10-18-48(58(44)49)42-13-6-5-7-14-42)47-28-30-55-52(35-47)59-56(61(55,3)4)21-12-22-57(59)62-36-39-31-40(37-62)33-41(32-39)38-62/h5-30,34-35,39-41H,31-33,36-38H2,1-4H3. The smallest absolute Gasteiger partial charge is 0.0468 e. The van der Waals surface area contributed by atoms with Gasteiger partial charge in [0, 0.05) is 27.9 Å². The van der Waals surface area contributed by atoms with E-state index in [1.54, 1.807) is 11.1 Å². The largest absolute Gasteiger partial charge is 0.310 e. The van der Waals surface area contributed by atoms with Gasteiger partial charge in [0.05, 0.1) is 0 Å². The highest BCUT2D eigenvalue weighted by atomic mass is 15.1. The molecule has 0 heterocycles. The van der Waals surface area contributed by atoms with Gasteiger partial charge in [-0.05, 0) is 181 Å². The second-order valence-corrected chi connectivity index (χ2v) is 21.1. The molecule has 4 saturated carbocycles. The van der Waals surface area contributed by atoms with Crippen molar-refractivity contribution in [2.75, 3.05) is 4.90 Å². The van der Waals surface area contributed by atoms with E-state index < -0.39 is 0 Å². The van der Waals surface area contributed by atoms with Crippen LogP contribution in [0.3, 0.4) is 0 Å². The highest BCUT2D eigenvalue weighted by molar-refractivity contribution is 6.06. The summed E-state index contributed by atoms with van der Waals surface area (Å²) in [6.07, 6.45) is 8.52. The van der Waals surface area contributed by atoms with Crippen molar-refractivity contribution in [3.8, 4) is 44.5 Å². The quantitative estimate of drug-likeness (QED) is 0.162. The van der Waals surface area contributed by atoms with Gasteiger partial charge < -0.3 is 4.90 Å². The molecule has 14 rings (SSSR count). The first-order valence-corrected chi connectivity index (χ1v) is 23.7. The molecule has 6 aliphatic rings. The van der Waals surface area contributed by atoms with Crippen molar-refractivity contribution >= 4 is 27.8 Å². The molecule has 0 aromatic heterocycles. The maximum atomic E-state index is 2.57. The fourth-order valence-electron chi connectivity index (χ4n) is 14.3. The minimum atomic E-state index is -0.0616. The zero-order chi connectivity index (χ0) is 42.2. The average Bonchev–Trinajstić information content (AvgIpc) is 3.67. The molecule has 0 spiro atoms. The van der Waals surface area contributed by atoms with E-state index in [2.05, 4.69) is 202 Å². The average molecular weight is 814 g/mol. The van der Waals surface area contributed by atoms with Crippen molar-refractivity contribution < 1.29 is 0 Å². The van der Waals surface area contributed by atoms with Crippen LogP contribution in [0.1, 0.15) is 94.0 Å². The monoisotopic (exact) mass is 813 g/mol. The van der Waals surface area contributed by atoms with Crippen LogP contribution in [-0.2, 0) is 16.2 Å². The number of hydrogen-bond donors (Lipinski definition) is 0. The lowest BCUT2D eigenvalue weighted by Gasteiger charge is -2.57. The van der Waals surface area contributed by atoms with Crippen LogP contribution in [0.25, 0.3) is 55.3 Å². The molecule has 0 radical (unpaired) electrons. The van der Waals surface area contributed by atoms with Gasteiger partial charge in [-0.3, -0.25) is 0 Å². The SMILES string of the molecule is CC1(C)c2ccccc2-c2cc(N(c3ccc(-c4cccc5cccc(-c6ccccc6)c45)cc3)c3ccc4c(c3)-c3c(C56CC7CC(CC(C7)C5)C6)cccc3C4(C)C)ccc21. The Kier molecular flexibility index (Phi) is 7.96. The highest BCUT2D eigenvalue weighted by Gasteiger charge is 2.53. The molecule has 63 heavy (non-hydrogen) atoms. The Balaban J connectivity index is 0.984. The Morgan fingerprint density at radius 3 is 1.52 bits per heavy atom. The van der Waals surface area contributed by atoms with Gasteiger partial charge in [0.1, 0.15) is 0 Å². The van der Waals surface area contributed by atoms with E-state index in [4.69, 9.17) is 0 Å². The van der Waals surface area contributed by atoms with Gasteiger partial charge in [0.15, 0.2) is 0 Å². The number of anilines is 3. The Morgan fingerprint density at radius 1 is 0.381 bits per heavy atom.